The summed E-state index contributed by atoms with van der Waals surface area (Å²) in [4.78, 5) is 24.9. The molecule has 0 bridgehead atoms. The van der Waals surface area contributed by atoms with Gasteiger partial charge >= 0.3 is 6.18 Å². The van der Waals surface area contributed by atoms with Crippen LogP contribution in [0.1, 0.15) is 13.3 Å². The summed E-state index contributed by atoms with van der Waals surface area (Å²) in [7, 11) is 0. The molecule has 1 atom stereocenters. The van der Waals surface area contributed by atoms with E-state index in [1.807, 2.05) is 0 Å². The quantitative estimate of drug-likeness (QED) is 0.783. The Hall–Kier alpha value is -1.50. The van der Waals surface area contributed by atoms with Gasteiger partial charge in [-0.15, -0.1) is 0 Å². The second kappa shape index (κ2) is 5.71. The highest BCUT2D eigenvalue weighted by molar-refractivity contribution is 5.97. The fourth-order valence-electron chi connectivity index (χ4n) is 2.41. The summed E-state index contributed by atoms with van der Waals surface area (Å²) >= 11 is 4.85. The maximum absolute atomic E-state index is 12.9. The van der Waals surface area contributed by atoms with Crippen LogP contribution in [0.15, 0.2) is 22.3 Å². The molecule has 1 heterocycles. The zero-order valence-electron chi connectivity index (χ0n) is 11.3. The van der Waals surface area contributed by atoms with E-state index in [0.29, 0.717) is 6.54 Å². The summed E-state index contributed by atoms with van der Waals surface area (Å²) in [5, 5.41) is 2.11. The highest BCUT2D eigenvalue weighted by atomic mass is 35.5. The first-order valence-electron chi connectivity index (χ1n) is 6.45. The van der Waals surface area contributed by atoms with Crippen molar-refractivity contribution >= 4 is 11.8 Å². The molecule has 8 heteroatoms. The Balaban J connectivity index is 2.31. The average Bonchev–Trinajstić information content (AvgIpc) is 2.39. The summed E-state index contributed by atoms with van der Waals surface area (Å²) in [6.45, 7) is 2.02. The lowest BCUT2D eigenvalue weighted by Crippen LogP contribution is -2.50. The molecule has 0 saturated carbocycles. The minimum absolute atomic E-state index is 0.0259. The lowest BCUT2D eigenvalue weighted by atomic mass is 9.90. The smallest absolute Gasteiger partial charge is 0.353 e. The van der Waals surface area contributed by atoms with Crippen molar-refractivity contribution < 1.29 is 34.4 Å². The van der Waals surface area contributed by atoms with Crippen LogP contribution >= 0.6 is 0 Å². The number of nitrogens with zero attached hydrogens (tertiary/aromatic N) is 1. The Morgan fingerprint density at radius 3 is 2.71 bits per heavy atom. The molecule has 1 unspecified atom stereocenters. The van der Waals surface area contributed by atoms with Gasteiger partial charge < -0.3 is 10.2 Å². The van der Waals surface area contributed by atoms with E-state index in [1.54, 1.807) is 6.92 Å². The van der Waals surface area contributed by atoms with E-state index < -0.39 is 28.6 Å². The Morgan fingerprint density at radius 1 is 1.48 bits per heavy atom. The summed E-state index contributed by atoms with van der Waals surface area (Å²) < 4.78 is 38.8. The standard InChI is InChI=1S/C13H14ClF3N2O2/c1-7-4-8(11(14)9(5-7)13(15,16)17)12(21)19-3-2-18-10(20)6-19/h5,7,14H,2-4,6H2,1H3/p+1. The van der Waals surface area contributed by atoms with Crippen LogP contribution in [0.5, 0.6) is 0 Å². The monoisotopic (exact) mass is 323 g/mol. The maximum Gasteiger partial charge on any atom is 0.421 e. The molecule has 4 nitrogen and oxygen atoms in total. The number of hydrogen-bond acceptors (Lipinski definition) is 2. The van der Waals surface area contributed by atoms with Gasteiger partial charge in [-0.1, -0.05) is 13.0 Å². The molecule has 1 aliphatic carbocycles. The van der Waals surface area contributed by atoms with Crippen LogP contribution in [0.2, 0.25) is 0 Å². The number of hydrogen-bond donors (Lipinski definition) is 1. The Kier molecular flexibility index (Phi) is 4.32. The summed E-state index contributed by atoms with van der Waals surface area (Å²) in [6, 6.07) is 0. The van der Waals surface area contributed by atoms with Crippen molar-refractivity contribution in [2.24, 2.45) is 5.92 Å². The fourth-order valence-corrected chi connectivity index (χ4v) is 2.76. The molecule has 0 spiro atoms. The third kappa shape index (κ3) is 3.40. The van der Waals surface area contributed by atoms with Crippen LogP contribution in [-0.4, -0.2) is 42.5 Å². The van der Waals surface area contributed by atoms with E-state index >= 15 is 0 Å². The lowest BCUT2D eigenvalue weighted by molar-refractivity contribution is -0.306. The van der Waals surface area contributed by atoms with Gasteiger partial charge in [-0.3, -0.25) is 9.59 Å². The molecule has 1 aliphatic heterocycles. The number of allylic oxidation sites excluding steroid dienone is 3. The van der Waals surface area contributed by atoms with Gasteiger partial charge in [-0.2, -0.15) is 13.2 Å². The first kappa shape index (κ1) is 15.9. The third-order valence-electron chi connectivity index (χ3n) is 3.39. The number of carbonyl (C=O) groups excluding carboxylic acids is 2. The second-order valence-electron chi connectivity index (χ2n) is 5.14. The predicted octanol–water partition coefficient (Wildman–Crippen LogP) is 1.01. The van der Waals surface area contributed by atoms with E-state index in [4.69, 9.17) is 11.6 Å². The molecule has 21 heavy (non-hydrogen) atoms. The minimum Gasteiger partial charge on any atom is -0.353 e. The Bertz CT molecular complexity index is 540. The first-order chi connectivity index (χ1) is 9.70. The largest absolute Gasteiger partial charge is 0.421 e. The predicted molar refractivity (Wildman–Crippen MR) is 65.9 cm³/mol. The summed E-state index contributed by atoms with van der Waals surface area (Å²) in [5.74, 6) is -1.32. The first-order valence-corrected chi connectivity index (χ1v) is 6.86. The van der Waals surface area contributed by atoms with Gasteiger partial charge in [0, 0.05) is 13.1 Å². The molecule has 1 fully saturated rings. The molecule has 0 aromatic carbocycles. The van der Waals surface area contributed by atoms with E-state index in [2.05, 4.69) is 5.32 Å². The zero-order valence-corrected chi connectivity index (χ0v) is 12.1. The van der Waals surface area contributed by atoms with E-state index in [1.165, 1.54) is 4.90 Å². The molecule has 0 aromatic rings. The number of halogens is 4. The number of amides is 2. The van der Waals surface area contributed by atoms with Crippen LogP contribution in [-0.2, 0) is 9.59 Å². The summed E-state index contributed by atoms with van der Waals surface area (Å²) in [6.07, 6.45) is -3.35. The lowest BCUT2D eigenvalue weighted by Gasteiger charge is -2.29. The van der Waals surface area contributed by atoms with Gasteiger partial charge in [0.1, 0.15) is 5.57 Å². The van der Waals surface area contributed by atoms with Crippen LogP contribution < -0.4 is 5.32 Å². The molecular weight excluding hydrogens is 309 g/mol. The molecule has 0 aromatic heterocycles. The summed E-state index contributed by atoms with van der Waals surface area (Å²) in [5.41, 5.74) is -0.955. The Labute approximate surface area is 124 Å². The average molecular weight is 324 g/mol. The van der Waals surface area contributed by atoms with Gasteiger partial charge in [0.15, 0.2) is 11.6 Å². The normalized spacial score (nSPS) is 23.9. The van der Waals surface area contributed by atoms with Crippen molar-refractivity contribution in [1.82, 2.24) is 10.2 Å². The Morgan fingerprint density at radius 2 is 2.14 bits per heavy atom. The molecule has 1 N–H and O–H groups in total. The zero-order chi connectivity index (χ0) is 15.8. The highest BCUT2D eigenvalue weighted by Gasteiger charge is 2.44. The van der Waals surface area contributed by atoms with E-state index in [-0.39, 0.29) is 31.0 Å². The van der Waals surface area contributed by atoms with Crippen LogP contribution in [0.25, 0.3) is 0 Å². The fraction of sp³-hybridized carbons (Fsp3) is 0.538. The molecule has 2 rings (SSSR count). The number of nitrogens with one attached hydrogen (secondary N) is 1. The van der Waals surface area contributed by atoms with Crippen molar-refractivity contribution in [1.29, 1.82) is 0 Å². The van der Waals surface area contributed by atoms with Gasteiger partial charge in [0.2, 0.25) is 10.9 Å². The van der Waals surface area contributed by atoms with Gasteiger partial charge in [-0.05, 0) is 12.3 Å². The van der Waals surface area contributed by atoms with Crippen LogP contribution in [0.4, 0.5) is 13.2 Å². The van der Waals surface area contributed by atoms with Gasteiger partial charge in [0.05, 0.1) is 12.1 Å². The van der Waals surface area contributed by atoms with Crippen molar-refractivity contribution in [3.8, 4) is 0 Å². The number of carbonyl (C=O) groups is 2. The molecule has 1 saturated heterocycles. The van der Waals surface area contributed by atoms with Crippen LogP contribution in [0, 0.1) is 17.5 Å². The van der Waals surface area contributed by atoms with Crippen molar-refractivity contribution in [3.05, 3.63) is 22.3 Å². The minimum atomic E-state index is -4.57. The van der Waals surface area contributed by atoms with Crippen molar-refractivity contribution in [3.63, 3.8) is 0 Å². The van der Waals surface area contributed by atoms with Crippen LogP contribution in [0.3, 0.4) is 0 Å². The number of rotatable bonds is 1. The van der Waals surface area contributed by atoms with E-state index in [9.17, 15) is 22.8 Å². The van der Waals surface area contributed by atoms with Gasteiger partial charge in [-0.25, -0.2) is 0 Å². The molecule has 2 amide bonds. The van der Waals surface area contributed by atoms with Crippen molar-refractivity contribution in [2.75, 3.05) is 19.6 Å². The highest BCUT2D eigenvalue weighted by Crippen LogP contribution is 2.38. The number of alkyl halides is 3. The third-order valence-corrected chi connectivity index (χ3v) is 3.85. The molecule has 2 aliphatic rings. The van der Waals surface area contributed by atoms with Crippen molar-refractivity contribution in [2.45, 2.75) is 19.5 Å². The second-order valence-corrected chi connectivity index (χ2v) is 5.55. The number of piperazine rings is 1. The molecule has 116 valence electrons. The van der Waals surface area contributed by atoms with E-state index in [0.717, 1.165) is 6.08 Å². The maximum atomic E-state index is 12.9. The topological polar surface area (TPSA) is 49.4 Å². The molecular formula is C13H15ClF3N2O2+. The SMILES string of the molecule is CC1C=C(C(F)(F)F)C([ClH+])=C(C(=O)N2CCNC(=O)C2)C1. The molecule has 0 radical (unpaired) electrons. The van der Waals surface area contributed by atoms with Gasteiger partial charge in [0.25, 0.3) is 5.91 Å².